The Kier molecular flexibility index (Phi) is 6.73. The van der Waals surface area contributed by atoms with Gasteiger partial charge in [0.15, 0.2) is 5.78 Å². The van der Waals surface area contributed by atoms with Gasteiger partial charge in [0.2, 0.25) is 0 Å². The number of nitrogens with zero attached hydrogens (tertiary/aromatic N) is 3. The van der Waals surface area contributed by atoms with Crippen LogP contribution in [0, 0.1) is 29.9 Å². The SMILES string of the molecule is COC(=O)c1cc([N+](=O)[O-])cn(CC(=O)c2cc(C)n(CCC(C)C)c2C)c1=O. The highest BCUT2D eigenvalue weighted by atomic mass is 16.6. The quantitative estimate of drug-likeness (QED) is 0.290. The number of ketones is 1. The van der Waals surface area contributed by atoms with Gasteiger partial charge >= 0.3 is 5.97 Å². The van der Waals surface area contributed by atoms with Crippen LogP contribution >= 0.6 is 0 Å². The molecular weight excluding hydrogens is 378 g/mol. The summed E-state index contributed by atoms with van der Waals surface area (Å²) in [5, 5.41) is 11.2. The topological polar surface area (TPSA) is 113 Å². The lowest BCUT2D eigenvalue weighted by Crippen LogP contribution is -2.29. The number of carbonyl (C=O) groups is 2. The maximum absolute atomic E-state index is 12.9. The Hall–Kier alpha value is -3.23. The fraction of sp³-hybridized carbons (Fsp3) is 0.450. The predicted octanol–water partition coefficient (Wildman–Crippen LogP) is 2.89. The molecule has 0 atom stereocenters. The number of hydrogen-bond acceptors (Lipinski definition) is 6. The molecule has 0 aliphatic heterocycles. The number of methoxy groups -OCH3 is 1. The average Bonchev–Trinajstić information content (AvgIpc) is 2.94. The van der Waals surface area contributed by atoms with Crippen molar-refractivity contribution in [2.45, 2.75) is 47.2 Å². The molecule has 9 nitrogen and oxygen atoms in total. The van der Waals surface area contributed by atoms with E-state index in [2.05, 4.69) is 18.6 Å². The summed E-state index contributed by atoms with van der Waals surface area (Å²) >= 11 is 0. The van der Waals surface area contributed by atoms with Crippen LogP contribution in [0.2, 0.25) is 0 Å². The highest BCUT2D eigenvalue weighted by Gasteiger charge is 2.22. The third kappa shape index (κ3) is 4.79. The summed E-state index contributed by atoms with van der Waals surface area (Å²) in [5.74, 6) is -0.852. The lowest BCUT2D eigenvalue weighted by molar-refractivity contribution is -0.385. The maximum Gasteiger partial charge on any atom is 0.343 e. The lowest BCUT2D eigenvalue weighted by Gasteiger charge is -2.12. The van der Waals surface area contributed by atoms with Crippen molar-refractivity contribution in [2.24, 2.45) is 5.92 Å². The van der Waals surface area contributed by atoms with Crippen molar-refractivity contribution in [2.75, 3.05) is 7.11 Å². The molecule has 0 spiro atoms. The van der Waals surface area contributed by atoms with E-state index in [1.54, 1.807) is 6.07 Å². The van der Waals surface area contributed by atoms with Crippen molar-refractivity contribution in [3.05, 3.63) is 61.3 Å². The number of Topliss-reactive ketones (excluding diaryl/α,β-unsaturated/α-hetero) is 1. The number of aryl methyl sites for hydroxylation is 1. The van der Waals surface area contributed by atoms with E-state index in [0.717, 1.165) is 48.3 Å². The first-order chi connectivity index (χ1) is 13.6. The number of hydrogen-bond donors (Lipinski definition) is 0. The van der Waals surface area contributed by atoms with Crippen LogP contribution in [0.1, 0.15) is 52.4 Å². The Morgan fingerprint density at radius 1 is 1.21 bits per heavy atom. The molecule has 2 rings (SSSR count). The summed E-state index contributed by atoms with van der Waals surface area (Å²) in [4.78, 5) is 47.6. The number of ether oxygens (including phenoxy) is 1. The third-order valence-corrected chi connectivity index (χ3v) is 4.81. The molecule has 0 saturated carbocycles. The molecule has 0 amide bonds. The minimum absolute atomic E-state index is 0.368. The van der Waals surface area contributed by atoms with Crippen LogP contribution < -0.4 is 5.56 Å². The smallest absolute Gasteiger partial charge is 0.343 e. The molecule has 0 radical (unpaired) electrons. The number of aromatic nitrogens is 2. The van der Waals surface area contributed by atoms with Crippen molar-refractivity contribution in [3.63, 3.8) is 0 Å². The molecule has 29 heavy (non-hydrogen) atoms. The molecule has 0 N–H and O–H groups in total. The monoisotopic (exact) mass is 403 g/mol. The zero-order chi connectivity index (χ0) is 21.9. The first-order valence-electron chi connectivity index (χ1n) is 9.23. The second-order valence-electron chi connectivity index (χ2n) is 7.34. The first kappa shape index (κ1) is 22.1. The van der Waals surface area contributed by atoms with Crippen LogP contribution in [0.3, 0.4) is 0 Å². The molecule has 0 aliphatic carbocycles. The van der Waals surface area contributed by atoms with Crippen molar-refractivity contribution in [3.8, 4) is 0 Å². The van der Waals surface area contributed by atoms with Gasteiger partial charge in [-0.1, -0.05) is 13.8 Å². The van der Waals surface area contributed by atoms with Crippen LogP contribution in [-0.4, -0.2) is 32.9 Å². The molecule has 0 saturated heterocycles. The van der Waals surface area contributed by atoms with E-state index in [0.29, 0.717) is 11.5 Å². The number of esters is 1. The fourth-order valence-electron chi connectivity index (χ4n) is 3.15. The molecule has 0 aliphatic rings. The van der Waals surface area contributed by atoms with E-state index in [1.165, 1.54) is 0 Å². The standard InChI is InChI=1S/C20H25N3O6/c1-12(2)6-7-22-13(3)8-16(14(22)4)18(24)11-21-10-15(23(27)28)9-17(19(21)25)20(26)29-5/h8-10,12H,6-7,11H2,1-5H3. The van der Waals surface area contributed by atoms with E-state index in [-0.39, 0.29) is 5.78 Å². The summed E-state index contributed by atoms with van der Waals surface area (Å²) in [7, 11) is 1.07. The van der Waals surface area contributed by atoms with Gasteiger partial charge < -0.3 is 13.9 Å². The Labute approximate surface area is 168 Å². The summed E-state index contributed by atoms with van der Waals surface area (Å²) in [6, 6.07) is 2.61. The molecule has 0 fully saturated rings. The van der Waals surface area contributed by atoms with Crippen molar-refractivity contribution in [1.29, 1.82) is 0 Å². The lowest BCUT2D eigenvalue weighted by atomic mass is 10.1. The zero-order valence-electron chi connectivity index (χ0n) is 17.2. The van der Waals surface area contributed by atoms with Gasteiger partial charge in [-0.15, -0.1) is 0 Å². The summed E-state index contributed by atoms with van der Waals surface area (Å²) < 4.78 is 7.44. The van der Waals surface area contributed by atoms with Crippen molar-refractivity contribution >= 4 is 17.4 Å². The fourth-order valence-corrected chi connectivity index (χ4v) is 3.15. The summed E-state index contributed by atoms with van der Waals surface area (Å²) in [5.41, 5.74) is 0.374. The number of pyridine rings is 1. The van der Waals surface area contributed by atoms with Crippen LogP contribution in [-0.2, 0) is 17.8 Å². The Bertz CT molecular complexity index is 1020. The number of carbonyl (C=O) groups excluding carboxylic acids is 2. The molecule has 9 heteroatoms. The van der Waals surface area contributed by atoms with Gasteiger partial charge in [-0.25, -0.2) is 4.79 Å². The van der Waals surface area contributed by atoms with E-state index < -0.39 is 34.2 Å². The predicted molar refractivity (Wildman–Crippen MR) is 106 cm³/mol. The summed E-state index contributed by atoms with van der Waals surface area (Å²) in [6.45, 7) is 8.32. The minimum atomic E-state index is -0.994. The van der Waals surface area contributed by atoms with Gasteiger partial charge in [-0.05, 0) is 32.3 Å². The normalized spacial score (nSPS) is 11.0. The highest BCUT2D eigenvalue weighted by molar-refractivity contribution is 5.97. The number of nitro groups is 1. The van der Waals surface area contributed by atoms with Crippen molar-refractivity contribution in [1.82, 2.24) is 9.13 Å². The molecule has 2 aromatic rings. The zero-order valence-corrected chi connectivity index (χ0v) is 17.2. The van der Waals surface area contributed by atoms with Crippen LogP contribution in [0.25, 0.3) is 0 Å². The van der Waals surface area contributed by atoms with Gasteiger partial charge in [0.1, 0.15) is 5.56 Å². The largest absolute Gasteiger partial charge is 0.465 e. The Balaban J connectivity index is 2.42. The van der Waals surface area contributed by atoms with E-state index in [9.17, 15) is 24.5 Å². The molecule has 2 aromatic heterocycles. The number of rotatable bonds is 8. The second-order valence-corrected chi connectivity index (χ2v) is 7.34. The third-order valence-electron chi connectivity index (χ3n) is 4.81. The molecule has 0 aromatic carbocycles. The molecule has 156 valence electrons. The van der Waals surface area contributed by atoms with E-state index >= 15 is 0 Å². The minimum Gasteiger partial charge on any atom is -0.465 e. The molecule has 2 heterocycles. The highest BCUT2D eigenvalue weighted by Crippen LogP contribution is 2.19. The Morgan fingerprint density at radius 3 is 2.41 bits per heavy atom. The van der Waals surface area contributed by atoms with Gasteiger partial charge in [0.05, 0.1) is 24.8 Å². The summed E-state index contributed by atoms with van der Waals surface area (Å²) in [6.07, 6.45) is 1.92. The average molecular weight is 403 g/mol. The molecule has 0 unspecified atom stereocenters. The van der Waals surface area contributed by atoms with E-state index in [1.807, 2.05) is 18.4 Å². The molecular formula is C20H25N3O6. The Morgan fingerprint density at radius 2 is 1.86 bits per heavy atom. The van der Waals surface area contributed by atoms with Crippen molar-refractivity contribution < 1.29 is 19.2 Å². The van der Waals surface area contributed by atoms with Crippen LogP contribution in [0.15, 0.2) is 23.1 Å². The van der Waals surface area contributed by atoms with Gasteiger partial charge in [-0.2, -0.15) is 0 Å². The van der Waals surface area contributed by atoms with Gasteiger partial charge in [0.25, 0.3) is 11.2 Å². The first-order valence-corrected chi connectivity index (χ1v) is 9.23. The molecule has 0 bridgehead atoms. The van der Waals surface area contributed by atoms with E-state index in [4.69, 9.17) is 0 Å². The van der Waals surface area contributed by atoms with Gasteiger partial charge in [0, 0.05) is 29.6 Å². The van der Waals surface area contributed by atoms with Crippen LogP contribution in [0.4, 0.5) is 5.69 Å². The maximum atomic E-state index is 12.9. The second kappa shape index (κ2) is 8.85. The van der Waals surface area contributed by atoms with Crippen LogP contribution in [0.5, 0.6) is 0 Å². The van der Waals surface area contributed by atoms with Gasteiger partial charge in [-0.3, -0.25) is 19.7 Å².